The molecule has 3 atom stereocenters. The highest BCUT2D eigenvalue weighted by Gasteiger charge is 2.29. The predicted molar refractivity (Wildman–Crippen MR) is 247 cm³/mol. The van der Waals surface area contributed by atoms with Crippen molar-refractivity contribution in [1.29, 1.82) is 0 Å². The first-order valence-corrected chi connectivity index (χ1v) is 22.2. The number of aldehydes is 1. The number of aliphatic carboxylic acids is 4. The predicted octanol–water partition coefficient (Wildman–Crippen LogP) is 1.63. The SMILES string of the molecule is CC.CCC(=O)O.Cc1cc(CCC(=O)NCCCCC(NC(=O)CNC(=O)C(CCC(=O)O)NC(=O)C(CCC(=O)O)NC(=O)c2cccc(C(=O)ON(C)C(=O)CCC=O)c2)C(=O)O)ccc1O. The third-order valence-electron chi connectivity index (χ3n) is 9.46. The number of benzene rings is 2. The Labute approximate surface area is 403 Å². The Morgan fingerprint density at radius 2 is 1.29 bits per heavy atom. The van der Waals surface area contributed by atoms with E-state index in [1.165, 1.54) is 18.2 Å². The molecule has 386 valence electrons. The Balaban J connectivity index is 0.00000636. The molecule has 0 spiro atoms. The van der Waals surface area contributed by atoms with Crippen LogP contribution in [0.4, 0.5) is 0 Å². The lowest BCUT2D eigenvalue weighted by Gasteiger charge is -2.23. The van der Waals surface area contributed by atoms with Crippen molar-refractivity contribution in [3.8, 4) is 5.75 Å². The van der Waals surface area contributed by atoms with Crippen molar-refractivity contribution < 1.29 is 87.9 Å². The van der Waals surface area contributed by atoms with Gasteiger partial charge in [0.2, 0.25) is 23.6 Å². The fourth-order valence-corrected chi connectivity index (χ4v) is 5.66. The summed E-state index contributed by atoms with van der Waals surface area (Å²) in [6.45, 7) is 6.79. The minimum Gasteiger partial charge on any atom is -0.508 e. The van der Waals surface area contributed by atoms with Crippen molar-refractivity contribution in [2.24, 2.45) is 0 Å². The second-order valence-electron chi connectivity index (χ2n) is 14.9. The van der Waals surface area contributed by atoms with Crippen LogP contribution in [-0.2, 0) is 59.2 Å². The average molecular weight is 989 g/mol. The molecule has 6 amide bonds. The molecule has 0 saturated carbocycles. The third-order valence-corrected chi connectivity index (χ3v) is 9.46. The minimum absolute atomic E-state index is 0.0332. The van der Waals surface area contributed by atoms with Crippen molar-refractivity contribution in [1.82, 2.24) is 31.6 Å². The quantitative estimate of drug-likeness (QED) is 0.0329. The number of phenolic OH excluding ortho intramolecular Hbond substituents is 1. The van der Waals surface area contributed by atoms with Crippen molar-refractivity contribution in [2.75, 3.05) is 20.1 Å². The van der Waals surface area contributed by atoms with E-state index in [9.17, 15) is 78.0 Å². The molecule has 0 saturated heterocycles. The summed E-state index contributed by atoms with van der Waals surface area (Å²) >= 11 is 0. The van der Waals surface area contributed by atoms with Gasteiger partial charge in [-0.05, 0) is 80.8 Å². The van der Waals surface area contributed by atoms with Gasteiger partial charge in [-0.2, -0.15) is 5.06 Å². The van der Waals surface area contributed by atoms with E-state index in [1.54, 1.807) is 32.0 Å². The largest absolute Gasteiger partial charge is 0.508 e. The van der Waals surface area contributed by atoms with Gasteiger partial charge in [0.1, 0.15) is 30.2 Å². The van der Waals surface area contributed by atoms with Gasteiger partial charge in [-0.1, -0.05) is 39.0 Å². The standard InChI is InChI=1S/C41H52N6O16.C3H6O2.C2H6/c1-24-21-25(11-15-31(24)49)12-16-32(50)42-19-4-3-9-30(40(60)61)44-33(51)23-43-38(58)28(13-17-35(53)54)46-39(59)29(14-18-36(55)56)45-37(57)26-7-5-8-27(22-26)41(62)63-47(2)34(52)10-6-20-48;1-2-3(4)5;1-2/h5,7-8,11,15,20-22,28-30,49H,3-4,6,9-10,12-14,16-19,23H2,1-2H3,(H,42,50)(H,43,58)(H,44,51)(H,45,57)(H,46,59)(H,53,54)(H,55,56)(H,60,61);2H2,1H3,(H,4,5);1-2H3. The molecule has 0 heterocycles. The summed E-state index contributed by atoms with van der Waals surface area (Å²) in [5.41, 5.74) is 1.14. The average Bonchev–Trinajstić information content (AvgIpc) is 3.32. The van der Waals surface area contributed by atoms with Gasteiger partial charge in [-0.15, -0.1) is 0 Å². The number of amides is 6. The number of hydroxylamine groups is 2. The number of carboxylic acid groups (broad SMARTS) is 4. The van der Waals surface area contributed by atoms with Gasteiger partial charge in [-0.3, -0.25) is 43.2 Å². The third kappa shape index (κ3) is 26.4. The number of nitrogens with one attached hydrogen (secondary N) is 5. The van der Waals surface area contributed by atoms with E-state index in [-0.39, 0.29) is 67.9 Å². The Morgan fingerprint density at radius 3 is 1.84 bits per heavy atom. The molecular weight excluding hydrogens is 925 g/mol. The highest BCUT2D eigenvalue weighted by molar-refractivity contribution is 6.01. The molecule has 24 nitrogen and oxygen atoms in total. The summed E-state index contributed by atoms with van der Waals surface area (Å²) in [4.78, 5) is 149. The first kappa shape index (κ1) is 62.1. The molecule has 0 aliphatic rings. The fourth-order valence-electron chi connectivity index (χ4n) is 5.66. The van der Waals surface area contributed by atoms with Crippen LogP contribution in [0.3, 0.4) is 0 Å². The van der Waals surface area contributed by atoms with Crippen LogP contribution in [0.2, 0.25) is 0 Å². The summed E-state index contributed by atoms with van der Waals surface area (Å²) in [7, 11) is 1.14. The summed E-state index contributed by atoms with van der Waals surface area (Å²) in [6, 6.07) is 5.23. The van der Waals surface area contributed by atoms with Crippen LogP contribution < -0.4 is 26.6 Å². The fraction of sp³-hybridized carbons (Fsp3) is 0.478. The number of carboxylic acids is 4. The molecule has 0 aliphatic carbocycles. The molecule has 0 fully saturated rings. The second-order valence-corrected chi connectivity index (χ2v) is 14.9. The van der Waals surface area contributed by atoms with E-state index in [1.807, 2.05) is 13.8 Å². The Morgan fingerprint density at radius 1 is 0.686 bits per heavy atom. The molecule has 10 N–H and O–H groups in total. The van der Waals surface area contributed by atoms with Gasteiger partial charge in [0.15, 0.2) is 0 Å². The number of carbonyl (C=O) groups is 12. The van der Waals surface area contributed by atoms with Gasteiger partial charge >= 0.3 is 29.8 Å². The van der Waals surface area contributed by atoms with Crippen molar-refractivity contribution in [3.05, 3.63) is 64.7 Å². The van der Waals surface area contributed by atoms with E-state index in [2.05, 4.69) is 26.6 Å². The van der Waals surface area contributed by atoms with E-state index in [0.29, 0.717) is 29.8 Å². The van der Waals surface area contributed by atoms with E-state index < -0.39 is 110 Å². The lowest BCUT2D eigenvalue weighted by molar-refractivity contribution is -0.161. The molecule has 70 heavy (non-hydrogen) atoms. The molecular formula is C46H64N6O18. The van der Waals surface area contributed by atoms with Crippen LogP contribution >= 0.6 is 0 Å². The zero-order valence-electron chi connectivity index (χ0n) is 39.7. The van der Waals surface area contributed by atoms with Gasteiger partial charge in [-0.25, -0.2) is 9.59 Å². The lowest BCUT2D eigenvalue weighted by Crippen LogP contribution is -2.55. The maximum absolute atomic E-state index is 13.4. The summed E-state index contributed by atoms with van der Waals surface area (Å²) < 4.78 is 0. The highest BCUT2D eigenvalue weighted by atomic mass is 16.7. The zero-order chi connectivity index (χ0) is 53.3. The summed E-state index contributed by atoms with van der Waals surface area (Å²) in [6.07, 6.45) is -0.667. The summed E-state index contributed by atoms with van der Waals surface area (Å²) in [5, 5.41) is 57.9. The molecule has 2 aromatic rings. The molecule has 24 heteroatoms. The highest BCUT2D eigenvalue weighted by Crippen LogP contribution is 2.18. The molecule has 3 unspecified atom stereocenters. The van der Waals surface area contributed by atoms with Crippen molar-refractivity contribution in [3.63, 3.8) is 0 Å². The Hall–Kier alpha value is -7.92. The number of aryl methyl sites for hydroxylation is 2. The van der Waals surface area contributed by atoms with Gasteiger partial charge in [0.25, 0.3) is 11.8 Å². The number of hydrogen-bond acceptors (Lipinski definition) is 14. The number of rotatable bonds is 28. The van der Waals surface area contributed by atoms with Gasteiger partial charge < -0.3 is 61.7 Å². The van der Waals surface area contributed by atoms with E-state index in [4.69, 9.17) is 9.94 Å². The van der Waals surface area contributed by atoms with Crippen LogP contribution in [0, 0.1) is 6.92 Å². The normalized spacial score (nSPS) is 11.4. The van der Waals surface area contributed by atoms with Gasteiger partial charge in [0.05, 0.1) is 12.1 Å². The number of unbranched alkanes of at least 4 members (excludes halogenated alkanes) is 1. The number of carbonyl (C=O) groups excluding carboxylic acids is 8. The van der Waals surface area contributed by atoms with E-state index in [0.717, 1.165) is 18.7 Å². The zero-order valence-corrected chi connectivity index (χ0v) is 39.7. The number of aromatic hydroxyl groups is 1. The van der Waals surface area contributed by atoms with Crippen LogP contribution in [0.25, 0.3) is 0 Å². The van der Waals surface area contributed by atoms with E-state index >= 15 is 0 Å². The maximum atomic E-state index is 13.4. The lowest BCUT2D eigenvalue weighted by atomic mass is 10.1. The van der Waals surface area contributed by atoms with Crippen LogP contribution in [0.5, 0.6) is 5.75 Å². The monoisotopic (exact) mass is 988 g/mol. The maximum Gasteiger partial charge on any atom is 0.363 e. The number of phenols is 1. The molecule has 0 aromatic heterocycles. The van der Waals surface area contributed by atoms with Crippen molar-refractivity contribution >= 4 is 71.6 Å². The molecule has 2 aromatic carbocycles. The molecule has 0 radical (unpaired) electrons. The number of nitrogens with zero attached hydrogens (tertiary/aromatic N) is 1. The first-order valence-electron chi connectivity index (χ1n) is 22.2. The molecule has 0 aliphatic heterocycles. The summed E-state index contributed by atoms with van der Waals surface area (Å²) in [5.74, 6) is -10.7. The van der Waals surface area contributed by atoms with Crippen molar-refractivity contribution in [2.45, 2.75) is 123 Å². The minimum atomic E-state index is -1.63. The van der Waals surface area contributed by atoms with Crippen LogP contribution in [0.15, 0.2) is 42.5 Å². The van der Waals surface area contributed by atoms with Crippen LogP contribution in [-0.4, -0.2) is 140 Å². The second kappa shape index (κ2) is 34.4. The van der Waals surface area contributed by atoms with Gasteiger partial charge in [0, 0.05) is 57.7 Å². The number of hydrogen-bond donors (Lipinski definition) is 10. The Kier molecular flexibility index (Phi) is 30.5. The Bertz CT molecular complexity index is 2130. The smallest absolute Gasteiger partial charge is 0.363 e. The topological polar surface area (TPSA) is 379 Å². The first-order chi connectivity index (χ1) is 33.1. The molecule has 0 bridgehead atoms. The molecule has 2 rings (SSSR count). The van der Waals surface area contributed by atoms with Crippen LogP contribution in [0.1, 0.15) is 123 Å².